The van der Waals surface area contributed by atoms with Gasteiger partial charge in [0.15, 0.2) is 0 Å². The van der Waals surface area contributed by atoms with Gasteiger partial charge < -0.3 is 20.1 Å². The Kier molecular flexibility index (Phi) is 6.16. The number of amides is 2. The van der Waals surface area contributed by atoms with Crippen LogP contribution in [0.1, 0.15) is 56.8 Å². The number of ether oxygens (including phenoxy) is 2. The number of benzene rings is 1. The Labute approximate surface area is 174 Å². The van der Waals surface area contributed by atoms with Crippen LogP contribution in [0.4, 0.5) is 5.00 Å². The SMILES string of the molecule is COc1ccc(C(=O)Nc2sc3c(c2C(=O)NCC2CCCO2)CCCC3)cc1. The van der Waals surface area contributed by atoms with Gasteiger partial charge in [-0.2, -0.15) is 0 Å². The number of anilines is 1. The zero-order valence-electron chi connectivity index (χ0n) is 16.6. The van der Waals surface area contributed by atoms with E-state index in [-0.39, 0.29) is 17.9 Å². The summed E-state index contributed by atoms with van der Waals surface area (Å²) in [5.41, 5.74) is 2.25. The highest BCUT2D eigenvalue weighted by Gasteiger charge is 2.27. The minimum absolute atomic E-state index is 0.0887. The normalized spacial score (nSPS) is 18.2. The molecule has 0 saturated carbocycles. The molecule has 6 nitrogen and oxygen atoms in total. The first-order valence-corrected chi connectivity index (χ1v) is 11.0. The van der Waals surface area contributed by atoms with Crippen molar-refractivity contribution in [2.45, 2.75) is 44.6 Å². The average molecular weight is 415 g/mol. The molecule has 0 spiro atoms. The molecule has 1 unspecified atom stereocenters. The molecular formula is C22H26N2O4S. The van der Waals surface area contributed by atoms with E-state index < -0.39 is 0 Å². The van der Waals surface area contributed by atoms with Gasteiger partial charge in [0.25, 0.3) is 11.8 Å². The molecule has 2 heterocycles. The molecule has 2 aromatic rings. The second-order valence-electron chi connectivity index (χ2n) is 7.44. The molecule has 1 aliphatic carbocycles. The molecule has 0 bridgehead atoms. The van der Waals surface area contributed by atoms with E-state index in [0.29, 0.717) is 28.4 Å². The van der Waals surface area contributed by atoms with E-state index in [9.17, 15) is 9.59 Å². The molecule has 1 fully saturated rings. The van der Waals surface area contributed by atoms with Crippen LogP contribution in [0.5, 0.6) is 5.75 Å². The molecule has 154 valence electrons. The molecule has 1 atom stereocenters. The van der Waals surface area contributed by atoms with Crippen LogP contribution in [0, 0.1) is 0 Å². The van der Waals surface area contributed by atoms with E-state index in [2.05, 4.69) is 10.6 Å². The Balaban J connectivity index is 1.54. The van der Waals surface area contributed by atoms with Crippen molar-refractivity contribution in [2.75, 3.05) is 25.6 Å². The lowest BCUT2D eigenvalue weighted by Crippen LogP contribution is -2.32. The van der Waals surface area contributed by atoms with Crippen molar-refractivity contribution in [1.29, 1.82) is 0 Å². The van der Waals surface area contributed by atoms with Gasteiger partial charge in [0.1, 0.15) is 10.8 Å². The van der Waals surface area contributed by atoms with Gasteiger partial charge >= 0.3 is 0 Å². The van der Waals surface area contributed by atoms with Gasteiger partial charge in [0.2, 0.25) is 0 Å². The smallest absolute Gasteiger partial charge is 0.256 e. The maximum absolute atomic E-state index is 13.0. The molecule has 2 amide bonds. The Hall–Kier alpha value is -2.38. The Morgan fingerprint density at radius 3 is 2.66 bits per heavy atom. The summed E-state index contributed by atoms with van der Waals surface area (Å²) in [5.74, 6) is 0.353. The summed E-state index contributed by atoms with van der Waals surface area (Å²) in [6.45, 7) is 1.27. The Bertz CT molecular complexity index is 885. The highest BCUT2D eigenvalue weighted by molar-refractivity contribution is 7.17. The largest absolute Gasteiger partial charge is 0.497 e. The lowest BCUT2D eigenvalue weighted by Gasteiger charge is -2.15. The summed E-state index contributed by atoms with van der Waals surface area (Å²) >= 11 is 1.53. The van der Waals surface area contributed by atoms with Crippen LogP contribution >= 0.6 is 11.3 Å². The van der Waals surface area contributed by atoms with Crippen molar-refractivity contribution in [1.82, 2.24) is 5.32 Å². The van der Waals surface area contributed by atoms with Crippen molar-refractivity contribution < 1.29 is 19.1 Å². The fourth-order valence-electron chi connectivity index (χ4n) is 3.91. The van der Waals surface area contributed by atoms with Crippen molar-refractivity contribution in [3.8, 4) is 5.75 Å². The number of fused-ring (bicyclic) bond motifs is 1. The van der Waals surface area contributed by atoms with Gasteiger partial charge in [-0.15, -0.1) is 11.3 Å². The van der Waals surface area contributed by atoms with Gasteiger partial charge in [-0.05, 0) is 68.4 Å². The molecule has 1 aromatic carbocycles. The fraction of sp³-hybridized carbons (Fsp3) is 0.455. The first kappa shape index (κ1) is 19.9. The van der Waals surface area contributed by atoms with E-state index in [1.54, 1.807) is 31.4 Å². The number of hydrogen-bond acceptors (Lipinski definition) is 5. The minimum atomic E-state index is -0.223. The van der Waals surface area contributed by atoms with Crippen LogP contribution in [-0.2, 0) is 17.6 Å². The summed E-state index contributed by atoms with van der Waals surface area (Å²) in [5, 5.41) is 6.64. The third-order valence-electron chi connectivity index (χ3n) is 5.49. The lowest BCUT2D eigenvalue weighted by atomic mass is 9.95. The number of carbonyl (C=O) groups is 2. The van der Waals surface area contributed by atoms with E-state index in [4.69, 9.17) is 9.47 Å². The molecule has 29 heavy (non-hydrogen) atoms. The molecule has 4 rings (SSSR count). The molecule has 2 aliphatic rings. The molecule has 1 aromatic heterocycles. The fourth-order valence-corrected chi connectivity index (χ4v) is 5.19. The third-order valence-corrected chi connectivity index (χ3v) is 6.70. The van der Waals surface area contributed by atoms with Gasteiger partial charge in [-0.3, -0.25) is 9.59 Å². The summed E-state index contributed by atoms with van der Waals surface area (Å²) < 4.78 is 10.8. The predicted octanol–water partition coefficient (Wildman–Crippen LogP) is 3.80. The van der Waals surface area contributed by atoms with Crippen molar-refractivity contribution in [3.05, 3.63) is 45.8 Å². The van der Waals surface area contributed by atoms with E-state index in [0.717, 1.165) is 50.7 Å². The number of nitrogens with one attached hydrogen (secondary N) is 2. The lowest BCUT2D eigenvalue weighted by molar-refractivity contribution is 0.0858. The number of rotatable bonds is 6. The number of hydrogen-bond donors (Lipinski definition) is 2. The van der Waals surface area contributed by atoms with Crippen LogP contribution in [0.3, 0.4) is 0 Å². The zero-order valence-corrected chi connectivity index (χ0v) is 17.4. The van der Waals surface area contributed by atoms with Crippen LogP contribution in [0.25, 0.3) is 0 Å². The summed E-state index contributed by atoms with van der Waals surface area (Å²) in [6, 6.07) is 6.95. The first-order chi connectivity index (χ1) is 14.2. The molecule has 0 radical (unpaired) electrons. The third kappa shape index (κ3) is 4.46. The molecule has 2 N–H and O–H groups in total. The number of aryl methyl sites for hydroxylation is 1. The number of carbonyl (C=O) groups excluding carboxylic acids is 2. The zero-order chi connectivity index (χ0) is 20.2. The average Bonchev–Trinajstić information content (AvgIpc) is 3.39. The number of methoxy groups -OCH3 is 1. The summed E-state index contributed by atoms with van der Waals surface area (Å²) in [7, 11) is 1.59. The van der Waals surface area contributed by atoms with Crippen molar-refractivity contribution in [3.63, 3.8) is 0 Å². The van der Waals surface area contributed by atoms with Crippen molar-refractivity contribution >= 4 is 28.2 Å². The maximum Gasteiger partial charge on any atom is 0.256 e. The predicted molar refractivity (Wildman–Crippen MR) is 113 cm³/mol. The molecule has 1 saturated heterocycles. The summed E-state index contributed by atoms with van der Waals surface area (Å²) in [6.07, 6.45) is 6.14. The van der Waals surface area contributed by atoms with Crippen LogP contribution < -0.4 is 15.4 Å². The molecular weight excluding hydrogens is 388 g/mol. The Morgan fingerprint density at radius 2 is 1.93 bits per heavy atom. The standard InChI is InChI=1S/C22H26N2O4S/c1-27-15-10-8-14(9-11-15)20(25)24-22-19(17-6-2-3-7-18(17)29-22)21(26)23-13-16-5-4-12-28-16/h8-11,16H,2-7,12-13H2,1H3,(H,23,26)(H,24,25). The highest BCUT2D eigenvalue weighted by Crippen LogP contribution is 2.38. The second-order valence-corrected chi connectivity index (χ2v) is 8.55. The summed E-state index contributed by atoms with van der Waals surface area (Å²) in [4.78, 5) is 27.0. The molecule has 7 heteroatoms. The quantitative estimate of drug-likeness (QED) is 0.754. The van der Waals surface area contributed by atoms with Crippen LogP contribution in [-0.4, -0.2) is 38.2 Å². The van der Waals surface area contributed by atoms with Gasteiger partial charge in [-0.25, -0.2) is 0 Å². The van der Waals surface area contributed by atoms with Crippen LogP contribution in [0.2, 0.25) is 0 Å². The monoisotopic (exact) mass is 414 g/mol. The van der Waals surface area contributed by atoms with Gasteiger partial charge in [0.05, 0.1) is 18.8 Å². The Morgan fingerprint density at radius 1 is 1.14 bits per heavy atom. The van der Waals surface area contributed by atoms with E-state index in [1.165, 1.54) is 16.2 Å². The molecule has 1 aliphatic heterocycles. The highest BCUT2D eigenvalue weighted by atomic mass is 32.1. The van der Waals surface area contributed by atoms with Crippen molar-refractivity contribution in [2.24, 2.45) is 0 Å². The van der Waals surface area contributed by atoms with E-state index >= 15 is 0 Å². The number of thiophene rings is 1. The topological polar surface area (TPSA) is 76.7 Å². The van der Waals surface area contributed by atoms with Crippen LogP contribution in [0.15, 0.2) is 24.3 Å². The first-order valence-electron chi connectivity index (χ1n) is 10.2. The minimum Gasteiger partial charge on any atom is -0.497 e. The van der Waals surface area contributed by atoms with Gasteiger partial charge in [0, 0.05) is 23.6 Å². The van der Waals surface area contributed by atoms with E-state index in [1.807, 2.05) is 0 Å². The van der Waals surface area contributed by atoms with Gasteiger partial charge in [-0.1, -0.05) is 0 Å². The second kappa shape index (κ2) is 8.97. The maximum atomic E-state index is 13.0.